The maximum absolute atomic E-state index is 12.4. The van der Waals surface area contributed by atoms with E-state index >= 15 is 0 Å². The molecule has 3 aliphatic rings. The highest BCUT2D eigenvalue weighted by Gasteiger charge is 2.49. The summed E-state index contributed by atoms with van der Waals surface area (Å²) < 4.78 is 26.5. The second kappa shape index (κ2) is 6.31. The van der Waals surface area contributed by atoms with Crippen molar-refractivity contribution in [2.45, 2.75) is 37.4 Å². The third-order valence-electron chi connectivity index (χ3n) is 5.91. The molecule has 8 heteroatoms. The summed E-state index contributed by atoms with van der Waals surface area (Å²) in [6, 6.07) is 0. The van der Waals surface area contributed by atoms with Gasteiger partial charge in [0.2, 0.25) is 15.9 Å². The van der Waals surface area contributed by atoms with Crippen LogP contribution in [0, 0.1) is 11.3 Å². The van der Waals surface area contributed by atoms with E-state index in [4.69, 9.17) is 5.73 Å². The molecule has 0 aromatic heterocycles. The van der Waals surface area contributed by atoms with Crippen LogP contribution in [0.3, 0.4) is 0 Å². The molecule has 2 heterocycles. The van der Waals surface area contributed by atoms with Gasteiger partial charge in [-0.3, -0.25) is 9.69 Å². The van der Waals surface area contributed by atoms with E-state index < -0.39 is 10.0 Å². The first-order valence-corrected chi connectivity index (χ1v) is 9.98. The number of hydrogen-bond donors (Lipinski definition) is 2. The van der Waals surface area contributed by atoms with E-state index in [2.05, 4.69) is 4.90 Å². The Bertz CT molecular complexity index is 553. The van der Waals surface area contributed by atoms with Crippen LogP contribution >= 0.6 is 0 Å². The zero-order chi connectivity index (χ0) is 16.7. The monoisotopic (exact) mass is 345 g/mol. The highest BCUT2D eigenvalue weighted by Crippen LogP contribution is 2.46. The van der Waals surface area contributed by atoms with Gasteiger partial charge in [-0.2, -0.15) is 0 Å². The van der Waals surface area contributed by atoms with E-state index in [1.54, 1.807) is 4.31 Å². The van der Waals surface area contributed by atoms with Gasteiger partial charge in [0.1, 0.15) is 0 Å². The van der Waals surface area contributed by atoms with Crippen molar-refractivity contribution in [1.82, 2.24) is 9.21 Å². The van der Waals surface area contributed by atoms with Gasteiger partial charge in [0.15, 0.2) is 0 Å². The lowest BCUT2D eigenvalue weighted by Crippen LogP contribution is -2.55. The highest BCUT2D eigenvalue weighted by molar-refractivity contribution is 7.90. The minimum atomic E-state index is -3.16. The van der Waals surface area contributed by atoms with E-state index in [0.717, 1.165) is 45.2 Å². The first kappa shape index (κ1) is 17.1. The molecule has 0 bridgehead atoms. The number of nitrogens with two attached hydrogens (primary N) is 1. The molecule has 1 amide bonds. The number of primary amides is 1. The van der Waals surface area contributed by atoms with Crippen LogP contribution < -0.4 is 5.73 Å². The molecule has 7 nitrogen and oxygen atoms in total. The Morgan fingerprint density at radius 1 is 1.17 bits per heavy atom. The van der Waals surface area contributed by atoms with E-state index in [9.17, 15) is 18.3 Å². The van der Waals surface area contributed by atoms with Crippen LogP contribution in [-0.2, 0) is 14.8 Å². The van der Waals surface area contributed by atoms with Crippen LogP contribution in [0.2, 0.25) is 0 Å². The Kier molecular flexibility index (Phi) is 4.70. The molecule has 2 aliphatic heterocycles. The van der Waals surface area contributed by atoms with Crippen LogP contribution in [-0.4, -0.2) is 73.2 Å². The van der Waals surface area contributed by atoms with Gasteiger partial charge in [0.25, 0.3) is 0 Å². The van der Waals surface area contributed by atoms with Gasteiger partial charge in [-0.15, -0.1) is 0 Å². The van der Waals surface area contributed by atoms with Crippen LogP contribution in [0.5, 0.6) is 0 Å². The second-order valence-corrected chi connectivity index (χ2v) is 9.55. The Morgan fingerprint density at radius 2 is 1.78 bits per heavy atom. The maximum Gasteiger partial charge on any atom is 0.231 e. The molecule has 3 fully saturated rings. The van der Waals surface area contributed by atoms with E-state index in [0.29, 0.717) is 13.1 Å². The fraction of sp³-hybridized carbons (Fsp3) is 0.933. The van der Waals surface area contributed by atoms with Crippen molar-refractivity contribution in [3.63, 3.8) is 0 Å². The number of likely N-dealkylation sites (tertiary alicyclic amines) is 1. The number of aliphatic hydroxyl groups excluding tert-OH is 1. The molecule has 3 rings (SSSR count). The van der Waals surface area contributed by atoms with Crippen molar-refractivity contribution in [1.29, 1.82) is 0 Å². The molecular weight excluding hydrogens is 318 g/mol. The lowest BCUT2D eigenvalue weighted by atomic mass is 9.65. The molecule has 23 heavy (non-hydrogen) atoms. The molecule has 1 aliphatic carbocycles. The molecule has 2 saturated heterocycles. The van der Waals surface area contributed by atoms with Gasteiger partial charge in [0.05, 0.1) is 11.8 Å². The number of rotatable bonds is 5. The van der Waals surface area contributed by atoms with Crippen LogP contribution in [0.4, 0.5) is 0 Å². The fourth-order valence-electron chi connectivity index (χ4n) is 4.18. The minimum absolute atomic E-state index is 0.00152. The average molecular weight is 345 g/mol. The first-order valence-electron chi connectivity index (χ1n) is 8.48. The van der Waals surface area contributed by atoms with Crippen molar-refractivity contribution >= 4 is 15.9 Å². The summed E-state index contributed by atoms with van der Waals surface area (Å²) >= 11 is 0. The summed E-state index contributed by atoms with van der Waals surface area (Å²) in [5.74, 6) is -0.328. The van der Waals surface area contributed by atoms with Crippen LogP contribution in [0.15, 0.2) is 0 Å². The first-order chi connectivity index (χ1) is 10.9. The summed E-state index contributed by atoms with van der Waals surface area (Å²) in [5.41, 5.74) is 5.25. The Morgan fingerprint density at radius 3 is 2.30 bits per heavy atom. The molecule has 0 radical (unpaired) electrons. The van der Waals surface area contributed by atoms with Gasteiger partial charge in [0, 0.05) is 25.6 Å². The summed E-state index contributed by atoms with van der Waals surface area (Å²) in [5, 5.41) is 9.66. The van der Waals surface area contributed by atoms with Gasteiger partial charge in [-0.25, -0.2) is 12.7 Å². The van der Waals surface area contributed by atoms with Crippen molar-refractivity contribution in [3.05, 3.63) is 0 Å². The van der Waals surface area contributed by atoms with Crippen molar-refractivity contribution in [2.75, 3.05) is 39.3 Å². The number of sulfonamides is 1. The Labute approximate surface area is 137 Å². The molecule has 1 saturated carbocycles. The quantitative estimate of drug-likeness (QED) is 0.690. The molecule has 1 atom stereocenters. The second-order valence-electron chi connectivity index (χ2n) is 7.34. The van der Waals surface area contributed by atoms with Crippen molar-refractivity contribution in [3.8, 4) is 0 Å². The van der Waals surface area contributed by atoms with Gasteiger partial charge in [-0.05, 0) is 50.6 Å². The lowest BCUT2D eigenvalue weighted by molar-refractivity contribution is -0.120. The van der Waals surface area contributed by atoms with Crippen molar-refractivity contribution in [2.24, 2.45) is 17.1 Å². The van der Waals surface area contributed by atoms with E-state index in [-0.39, 0.29) is 35.6 Å². The molecule has 1 unspecified atom stereocenters. The summed E-state index contributed by atoms with van der Waals surface area (Å²) in [4.78, 5) is 13.1. The minimum Gasteiger partial charge on any atom is -0.396 e. The molecule has 3 N–H and O–H groups in total. The van der Waals surface area contributed by atoms with Gasteiger partial charge >= 0.3 is 0 Å². The summed E-state index contributed by atoms with van der Waals surface area (Å²) in [6.45, 7) is 2.87. The van der Waals surface area contributed by atoms with E-state index in [1.807, 2.05) is 0 Å². The third kappa shape index (κ3) is 3.40. The molecule has 0 aromatic carbocycles. The fourth-order valence-corrected chi connectivity index (χ4v) is 6.06. The number of nitrogens with zero attached hydrogens (tertiary/aromatic N) is 2. The molecule has 132 valence electrons. The molecular formula is C15H27N3O4S. The van der Waals surface area contributed by atoms with Gasteiger partial charge in [-0.1, -0.05) is 0 Å². The zero-order valence-electron chi connectivity index (χ0n) is 13.5. The standard InChI is InChI=1S/C15H27N3O4S/c16-14(20)10-17-6-3-15(4-7-17)5-8-18(9-12(15)11-19)23(21,22)13-1-2-13/h12-13,19H,1-11H2,(H2,16,20). The SMILES string of the molecule is NC(=O)CN1CCC2(CC1)CCN(S(=O)(=O)C1CC1)CC2CO. The number of amides is 1. The molecule has 0 aromatic rings. The van der Waals surface area contributed by atoms with Crippen molar-refractivity contribution < 1.29 is 18.3 Å². The number of carbonyl (C=O) groups excluding carboxylic acids is 1. The topological polar surface area (TPSA) is 104 Å². The number of aliphatic hydroxyl groups is 1. The number of piperidine rings is 2. The number of hydrogen-bond acceptors (Lipinski definition) is 5. The smallest absolute Gasteiger partial charge is 0.231 e. The largest absolute Gasteiger partial charge is 0.396 e. The zero-order valence-corrected chi connectivity index (χ0v) is 14.3. The van der Waals surface area contributed by atoms with Gasteiger partial charge < -0.3 is 10.8 Å². The third-order valence-corrected chi connectivity index (χ3v) is 8.27. The predicted octanol–water partition coefficient (Wildman–Crippen LogP) is -0.640. The molecule has 1 spiro atoms. The Balaban J connectivity index is 1.65. The predicted molar refractivity (Wildman–Crippen MR) is 86.0 cm³/mol. The Hall–Kier alpha value is -0.700. The summed E-state index contributed by atoms with van der Waals surface area (Å²) in [6.07, 6.45) is 4.13. The van der Waals surface area contributed by atoms with E-state index in [1.165, 1.54) is 0 Å². The average Bonchev–Trinajstić information content (AvgIpc) is 3.35. The lowest BCUT2D eigenvalue weighted by Gasteiger charge is -2.51. The van der Waals surface area contributed by atoms with Crippen LogP contribution in [0.1, 0.15) is 32.1 Å². The number of carbonyl (C=O) groups is 1. The maximum atomic E-state index is 12.4. The normalized spacial score (nSPS) is 29.7. The van der Waals surface area contributed by atoms with Crippen LogP contribution in [0.25, 0.3) is 0 Å². The highest BCUT2D eigenvalue weighted by atomic mass is 32.2. The summed E-state index contributed by atoms with van der Waals surface area (Å²) in [7, 11) is -3.16.